The van der Waals surface area contributed by atoms with E-state index in [1.165, 1.54) is 29.8 Å². The van der Waals surface area contributed by atoms with Crippen molar-refractivity contribution >= 4 is 5.69 Å². The first-order valence-corrected chi connectivity index (χ1v) is 9.77. The molecule has 140 valence electrons. The highest BCUT2D eigenvalue weighted by molar-refractivity contribution is 5.49. The third kappa shape index (κ3) is 3.76. The van der Waals surface area contributed by atoms with Crippen molar-refractivity contribution in [3.05, 3.63) is 41.0 Å². The van der Waals surface area contributed by atoms with Gasteiger partial charge in [0.25, 0.3) is 0 Å². The molecule has 2 aliphatic rings. The Morgan fingerprint density at radius 2 is 1.96 bits per heavy atom. The monoisotopic (exact) mass is 354 g/mol. The molecular weight excluding hydrogens is 324 g/mol. The van der Waals surface area contributed by atoms with Gasteiger partial charge in [0.2, 0.25) is 0 Å². The number of hydrogen-bond acceptors (Lipinski definition) is 5. The number of pyridine rings is 1. The number of piperazine rings is 1. The third-order valence-electron chi connectivity index (χ3n) is 5.62. The summed E-state index contributed by atoms with van der Waals surface area (Å²) in [5, 5.41) is 8.04. The summed E-state index contributed by atoms with van der Waals surface area (Å²) < 4.78 is 1.92. The van der Waals surface area contributed by atoms with Crippen molar-refractivity contribution in [2.24, 2.45) is 7.05 Å². The number of anilines is 1. The fraction of sp³-hybridized carbons (Fsp3) is 0.600. The average molecular weight is 355 g/mol. The third-order valence-corrected chi connectivity index (χ3v) is 5.62. The smallest absolute Gasteiger partial charge is 0.0638 e. The van der Waals surface area contributed by atoms with Crippen molar-refractivity contribution in [1.29, 1.82) is 0 Å². The van der Waals surface area contributed by atoms with Crippen LogP contribution in [0.5, 0.6) is 0 Å². The first-order valence-electron chi connectivity index (χ1n) is 9.77. The highest BCUT2D eigenvalue weighted by Gasteiger charge is 2.22. The van der Waals surface area contributed by atoms with E-state index in [0.29, 0.717) is 6.04 Å². The van der Waals surface area contributed by atoms with Crippen molar-refractivity contribution in [1.82, 2.24) is 25.0 Å². The first-order chi connectivity index (χ1) is 12.6. The van der Waals surface area contributed by atoms with Crippen LogP contribution in [0.25, 0.3) is 0 Å². The summed E-state index contributed by atoms with van der Waals surface area (Å²) in [7, 11) is 2.00. The van der Waals surface area contributed by atoms with Crippen LogP contribution in [0.3, 0.4) is 0 Å². The molecule has 2 fully saturated rings. The van der Waals surface area contributed by atoms with Crippen molar-refractivity contribution < 1.29 is 0 Å². The Balaban J connectivity index is 1.40. The molecule has 0 saturated carbocycles. The van der Waals surface area contributed by atoms with Crippen LogP contribution in [-0.2, 0) is 13.6 Å². The van der Waals surface area contributed by atoms with Gasteiger partial charge in [-0.05, 0) is 45.4 Å². The maximum atomic E-state index is 4.78. The summed E-state index contributed by atoms with van der Waals surface area (Å²) in [5.41, 5.74) is 6.16. The quantitative estimate of drug-likeness (QED) is 0.912. The predicted molar refractivity (Wildman–Crippen MR) is 104 cm³/mol. The first kappa shape index (κ1) is 17.5. The molecule has 0 radical (unpaired) electrons. The maximum absolute atomic E-state index is 4.78. The molecule has 1 N–H and O–H groups in total. The van der Waals surface area contributed by atoms with Gasteiger partial charge in [0.1, 0.15) is 0 Å². The highest BCUT2D eigenvalue weighted by Crippen LogP contribution is 2.26. The van der Waals surface area contributed by atoms with E-state index in [4.69, 9.17) is 4.98 Å². The van der Waals surface area contributed by atoms with E-state index >= 15 is 0 Å². The zero-order valence-electron chi connectivity index (χ0n) is 16.2. The van der Waals surface area contributed by atoms with Crippen LogP contribution in [0.1, 0.15) is 41.5 Å². The van der Waals surface area contributed by atoms with E-state index in [0.717, 1.165) is 50.7 Å². The number of nitrogens with zero attached hydrogens (tertiary/aromatic N) is 5. The second-order valence-electron chi connectivity index (χ2n) is 7.72. The zero-order chi connectivity index (χ0) is 18.1. The molecule has 2 aliphatic heterocycles. The largest absolute Gasteiger partial charge is 0.369 e. The molecule has 2 aromatic heterocycles. The molecule has 2 saturated heterocycles. The molecule has 6 heteroatoms. The summed E-state index contributed by atoms with van der Waals surface area (Å²) in [6, 6.07) is 4.97. The van der Waals surface area contributed by atoms with Gasteiger partial charge in [-0.1, -0.05) is 0 Å². The Kier molecular flexibility index (Phi) is 4.96. The lowest BCUT2D eigenvalue weighted by Gasteiger charge is -2.36. The van der Waals surface area contributed by atoms with Crippen LogP contribution in [0.15, 0.2) is 18.3 Å². The summed E-state index contributed by atoms with van der Waals surface area (Å²) in [6.45, 7) is 10.6. The average Bonchev–Trinajstić information content (AvgIpc) is 3.25. The van der Waals surface area contributed by atoms with Crippen LogP contribution in [0, 0.1) is 13.8 Å². The topological polar surface area (TPSA) is 49.2 Å². The molecule has 0 bridgehead atoms. The second kappa shape index (κ2) is 7.37. The molecule has 1 atom stereocenters. The van der Waals surface area contributed by atoms with Gasteiger partial charge in [0.15, 0.2) is 0 Å². The summed E-state index contributed by atoms with van der Waals surface area (Å²) in [6.07, 6.45) is 4.60. The highest BCUT2D eigenvalue weighted by atomic mass is 15.3. The molecule has 26 heavy (non-hydrogen) atoms. The van der Waals surface area contributed by atoms with Gasteiger partial charge in [0.05, 0.1) is 11.4 Å². The molecule has 0 spiro atoms. The van der Waals surface area contributed by atoms with E-state index < -0.39 is 0 Å². The molecule has 4 rings (SSSR count). The Hall–Kier alpha value is -1.92. The predicted octanol–water partition coefficient (Wildman–Crippen LogP) is 2.18. The van der Waals surface area contributed by atoms with E-state index in [2.05, 4.69) is 52.4 Å². The molecule has 0 aliphatic carbocycles. The fourth-order valence-corrected chi connectivity index (χ4v) is 4.18. The minimum absolute atomic E-state index is 0.434. The fourth-order valence-electron chi connectivity index (χ4n) is 4.18. The van der Waals surface area contributed by atoms with Crippen LogP contribution in [-0.4, -0.2) is 52.4 Å². The number of aromatic nitrogens is 3. The van der Waals surface area contributed by atoms with Gasteiger partial charge < -0.3 is 10.2 Å². The lowest BCUT2D eigenvalue weighted by molar-refractivity contribution is 0.249. The van der Waals surface area contributed by atoms with Gasteiger partial charge in [0, 0.05) is 69.0 Å². The van der Waals surface area contributed by atoms with Gasteiger partial charge in [-0.2, -0.15) is 5.10 Å². The Morgan fingerprint density at radius 1 is 1.15 bits per heavy atom. The molecule has 0 aromatic carbocycles. The minimum Gasteiger partial charge on any atom is -0.369 e. The van der Waals surface area contributed by atoms with Crippen LogP contribution < -0.4 is 10.2 Å². The summed E-state index contributed by atoms with van der Waals surface area (Å²) in [4.78, 5) is 9.83. The molecule has 4 heterocycles. The summed E-state index contributed by atoms with van der Waals surface area (Å²) in [5.74, 6) is 0. The SMILES string of the molecule is Cc1cc(N2CCN(Cc3cn(C)nc3C)CC2)cc([C@@H]2CCCN2)n1. The molecule has 0 amide bonds. The summed E-state index contributed by atoms with van der Waals surface area (Å²) >= 11 is 0. The Bertz CT molecular complexity index is 754. The maximum Gasteiger partial charge on any atom is 0.0638 e. The van der Waals surface area contributed by atoms with Crippen molar-refractivity contribution in [3.8, 4) is 0 Å². The number of nitrogens with one attached hydrogen (secondary N) is 1. The normalized spacial score (nSPS) is 21.5. The minimum atomic E-state index is 0.434. The van der Waals surface area contributed by atoms with Gasteiger partial charge in [-0.3, -0.25) is 14.6 Å². The van der Waals surface area contributed by atoms with Gasteiger partial charge in [-0.25, -0.2) is 0 Å². The van der Waals surface area contributed by atoms with Gasteiger partial charge in [-0.15, -0.1) is 0 Å². The van der Waals surface area contributed by atoms with Crippen molar-refractivity contribution in [2.45, 2.75) is 39.3 Å². The lowest BCUT2D eigenvalue weighted by Crippen LogP contribution is -2.46. The molecule has 2 aromatic rings. The zero-order valence-corrected chi connectivity index (χ0v) is 16.2. The molecule has 6 nitrogen and oxygen atoms in total. The Morgan fingerprint density at radius 3 is 2.62 bits per heavy atom. The second-order valence-corrected chi connectivity index (χ2v) is 7.72. The molecule has 0 unspecified atom stereocenters. The molecular formula is C20H30N6. The van der Waals surface area contributed by atoms with Crippen molar-refractivity contribution in [2.75, 3.05) is 37.6 Å². The standard InChI is InChI=1S/C20H30N6/c1-15-11-18(12-20(22-15)19-5-4-6-21-19)26-9-7-25(8-10-26)14-17-13-24(3)23-16(17)2/h11-13,19,21H,4-10,14H2,1-3H3/t19-/m0/s1. The van der Waals surface area contributed by atoms with Crippen LogP contribution >= 0.6 is 0 Å². The number of rotatable bonds is 4. The number of aryl methyl sites for hydroxylation is 3. The van der Waals surface area contributed by atoms with E-state index in [1.807, 2.05) is 11.7 Å². The van der Waals surface area contributed by atoms with Crippen molar-refractivity contribution in [3.63, 3.8) is 0 Å². The van der Waals surface area contributed by atoms with Crippen LogP contribution in [0.2, 0.25) is 0 Å². The van der Waals surface area contributed by atoms with E-state index in [-0.39, 0.29) is 0 Å². The van der Waals surface area contributed by atoms with Crippen LogP contribution in [0.4, 0.5) is 5.69 Å². The van der Waals surface area contributed by atoms with Gasteiger partial charge >= 0.3 is 0 Å². The van der Waals surface area contributed by atoms with E-state index in [9.17, 15) is 0 Å². The van der Waals surface area contributed by atoms with E-state index in [1.54, 1.807) is 0 Å². The lowest BCUT2D eigenvalue weighted by atomic mass is 10.1. The number of hydrogen-bond donors (Lipinski definition) is 1. The Labute approximate surface area is 156 Å².